The average Bonchev–Trinajstić information content (AvgIpc) is 2.75. The van der Waals surface area contributed by atoms with Crippen LogP contribution in [-0.2, 0) is 13.1 Å². The number of hydrogen-bond acceptors (Lipinski definition) is 6. The number of anilines is 2. The molecule has 2 aromatic heterocycles. The molecule has 1 aliphatic rings. The van der Waals surface area contributed by atoms with E-state index in [1.54, 1.807) is 18.6 Å². The summed E-state index contributed by atoms with van der Waals surface area (Å²) < 4.78 is 2.03. The van der Waals surface area contributed by atoms with E-state index in [2.05, 4.69) is 20.2 Å². The number of aromatic nitrogens is 5. The van der Waals surface area contributed by atoms with Gasteiger partial charge in [-0.2, -0.15) is 4.98 Å². The highest BCUT2D eigenvalue weighted by Crippen LogP contribution is 2.15. The van der Waals surface area contributed by atoms with E-state index in [-0.39, 0.29) is 0 Å². The van der Waals surface area contributed by atoms with Gasteiger partial charge in [-0.3, -0.25) is 0 Å². The van der Waals surface area contributed by atoms with Gasteiger partial charge in [-0.15, -0.1) is 10.2 Å². The molecule has 7 heteroatoms. The Morgan fingerprint density at radius 2 is 2.25 bits per heavy atom. The molecule has 0 atom stereocenters. The third kappa shape index (κ3) is 1.46. The summed E-state index contributed by atoms with van der Waals surface area (Å²) in [5, 5.41) is 7.91. The van der Waals surface area contributed by atoms with Crippen LogP contribution < -0.4 is 10.6 Å². The summed E-state index contributed by atoms with van der Waals surface area (Å²) in [6.45, 7) is 2.36. The van der Waals surface area contributed by atoms with Crippen LogP contribution in [0.4, 0.5) is 11.8 Å². The van der Waals surface area contributed by atoms with Crippen molar-refractivity contribution < 1.29 is 0 Å². The Kier molecular flexibility index (Phi) is 1.95. The molecule has 0 saturated heterocycles. The molecular weight excluding hydrogens is 206 g/mol. The second-order valence-electron chi connectivity index (χ2n) is 3.64. The molecule has 0 saturated carbocycles. The maximum atomic E-state index is 5.63. The van der Waals surface area contributed by atoms with Gasteiger partial charge in [0.15, 0.2) is 5.82 Å². The van der Waals surface area contributed by atoms with Gasteiger partial charge in [0.05, 0.1) is 6.54 Å². The van der Waals surface area contributed by atoms with Crippen molar-refractivity contribution in [1.29, 1.82) is 0 Å². The molecule has 2 N–H and O–H groups in total. The third-order valence-electron chi connectivity index (χ3n) is 2.59. The highest BCUT2D eigenvalue weighted by atomic mass is 15.4. The predicted octanol–water partition coefficient (Wildman–Crippen LogP) is -0.330. The van der Waals surface area contributed by atoms with Crippen LogP contribution in [0.25, 0.3) is 0 Å². The maximum absolute atomic E-state index is 5.63. The standard InChI is InChI=1S/C9H11N7/c10-7-1-2-11-9(13-7)15-3-4-16-6-12-14-8(16)5-15/h1-2,6H,3-5H2,(H2,10,11,13). The van der Waals surface area contributed by atoms with E-state index in [0.717, 1.165) is 18.9 Å². The van der Waals surface area contributed by atoms with Gasteiger partial charge in [0, 0.05) is 19.3 Å². The highest BCUT2D eigenvalue weighted by molar-refractivity contribution is 5.38. The lowest BCUT2D eigenvalue weighted by atomic mass is 10.4. The molecule has 0 aliphatic carbocycles. The van der Waals surface area contributed by atoms with Crippen molar-refractivity contribution in [2.45, 2.75) is 13.1 Å². The normalized spacial score (nSPS) is 14.9. The molecule has 0 unspecified atom stereocenters. The molecule has 0 spiro atoms. The molecule has 0 aromatic carbocycles. The molecule has 0 radical (unpaired) electrons. The van der Waals surface area contributed by atoms with Crippen LogP contribution in [-0.4, -0.2) is 31.3 Å². The van der Waals surface area contributed by atoms with Gasteiger partial charge in [0.1, 0.15) is 12.1 Å². The number of nitrogens with two attached hydrogens (primary N) is 1. The molecule has 2 aromatic rings. The van der Waals surface area contributed by atoms with E-state index in [1.807, 2.05) is 9.47 Å². The SMILES string of the molecule is Nc1ccnc(N2CCn3cnnc3C2)n1. The van der Waals surface area contributed by atoms with Crippen molar-refractivity contribution in [1.82, 2.24) is 24.7 Å². The molecule has 16 heavy (non-hydrogen) atoms. The Hall–Kier alpha value is -2.18. The van der Waals surface area contributed by atoms with Crippen LogP contribution in [0.1, 0.15) is 5.82 Å². The molecular formula is C9H11N7. The van der Waals surface area contributed by atoms with Crippen LogP contribution in [0.3, 0.4) is 0 Å². The van der Waals surface area contributed by atoms with E-state index in [4.69, 9.17) is 5.73 Å². The highest BCUT2D eigenvalue weighted by Gasteiger charge is 2.19. The second kappa shape index (κ2) is 3.44. The minimum atomic E-state index is 0.483. The largest absolute Gasteiger partial charge is 0.384 e. The summed E-state index contributed by atoms with van der Waals surface area (Å²) in [6.07, 6.45) is 3.41. The fraction of sp³-hybridized carbons (Fsp3) is 0.333. The molecule has 3 rings (SSSR count). The first-order valence-electron chi connectivity index (χ1n) is 5.03. The molecule has 0 amide bonds. The zero-order chi connectivity index (χ0) is 11.0. The smallest absolute Gasteiger partial charge is 0.227 e. The molecule has 7 nitrogen and oxygen atoms in total. The van der Waals surface area contributed by atoms with E-state index < -0.39 is 0 Å². The van der Waals surface area contributed by atoms with Gasteiger partial charge < -0.3 is 15.2 Å². The van der Waals surface area contributed by atoms with Crippen molar-refractivity contribution in [2.24, 2.45) is 0 Å². The van der Waals surface area contributed by atoms with Crippen molar-refractivity contribution in [3.05, 3.63) is 24.4 Å². The van der Waals surface area contributed by atoms with Crippen molar-refractivity contribution in [3.63, 3.8) is 0 Å². The molecule has 82 valence electrons. The number of nitrogen functional groups attached to an aromatic ring is 1. The van der Waals surface area contributed by atoms with Crippen molar-refractivity contribution >= 4 is 11.8 Å². The Bertz CT molecular complexity index is 506. The Morgan fingerprint density at radius 3 is 3.12 bits per heavy atom. The fourth-order valence-electron chi connectivity index (χ4n) is 1.75. The van der Waals surface area contributed by atoms with E-state index in [9.17, 15) is 0 Å². The summed E-state index contributed by atoms with van der Waals surface area (Å²) in [7, 11) is 0. The molecule has 1 aliphatic heterocycles. The topological polar surface area (TPSA) is 85.8 Å². The Balaban J connectivity index is 1.88. The number of hydrogen-bond donors (Lipinski definition) is 1. The summed E-state index contributed by atoms with van der Waals surface area (Å²) in [6, 6.07) is 1.68. The van der Waals surface area contributed by atoms with Gasteiger partial charge in [0.2, 0.25) is 5.95 Å². The summed E-state index contributed by atoms with van der Waals surface area (Å²) in [4.78, 5) is 10.4. The Labute approximate surface area is 91.9 Å². The van der Waals surface area contributed by atoms with Crippen molar-refractivity contribution in [3.8, 4) is 0 Å². The van der Waals surface area contributed by atoms with Gasteiger partial charge in [-0.25, -0.2) is 4.98 Å². The van der Waals surface area contributed by atoms with E-state index in [1.165, 1.54) is 0 Å². The van der Waals surface area contributed by atoms with Crippen molar-refractivity contribution in [2.75, 3.05) is 17.2 Å². The molecule has 0 fully saturated rings. The summed E-state index contributed by atoms with van der Waals surface area (Å²) in [5.74, 6) is 2.06. The Morgan fingerprint density at radius 1 is 1.31 bits per heavy atom. The monoisotopic (exact) mass is 217 g/mol. The lowest BCUT2D eigenvalue weighted by Crippen LogP contribution is -2.34. The lowest BCUT2D eigenvalue weighted by Gasteiger charge is -2.26. The van der Waals surface area contributed by atoms with Crippen LogP contribution in [0.2, 0.25) is 0 Å². The minimum Gasteiger partial charge on any atom is -0.384 e. The van der Waals surface area contributed by atoms with Crippen LogP contribution >= 0.6 is 0 Å². The van der Waals surface area contributed by atoms with E-state index in [0.29, 0.717) is 18.3 Å². The number of nitrogens with zero attached hydrogens (tertiary/aromatic N) is 6. The summed E-state index contributed by atoms with van der Waals surface area (Å²) in [5.41, 5.74) is 5.63. The first kappa shape index (κ1) is 9.08. The molecule has 0 bridgehead atoms. The quantitative estimate of drug-likeness (QED) is 0.704. The lowest BCUT2D eigenvalue weighted by molar-refractivity contribution is 0.552. The van der Waals surface area contributed by atoms with E-state index >= 15 is 0 Å². The zero-order valence-corrected chi connectivity index (χ0v) is 8.61. The van der Waals surface area contributed by atoms with Gasteiger partial charge >= 0.3 is 0 Å². The van der Waals surface area contributed by atoms with Crippen LogP contribution in [0.15, 0.2) is 18.6 Å². The van der Waals surface area contributed by atoms with Gasteiger partial charge in [0.25, 0.3) is 0 Å². The van der Waals surface area contributed by atoms with Gasteiger partial charge in [-0.05, 0) is 6.07 Å². The summed E-state index contributed by atoms with van der Waals surface area (Å²) >= 11 is 0. The first-order chi connectivity index (χ1) is 7.83. The van der Waals surface area contributed by atoms with Gasteiger partial charge in [-0.1, -0.05) is 0 Å². The maximum Gasteiger partial charge on any atom is 0.227 e. The first-order valence-corrected chi connectivity index (χ1v) is 5.03. The predicted molar refractivity (Wildman–Crippen MR) is 57.5 cm³/mol. The number of rotatable bonds is 1. The number of fused-ring (bicyclic) bond motifs is 1. The minimum absolute atomic E-state index is 0.483. The second-order valence-corrected chi connectivity index (χ2v) is 3.64. The zero-order valence-electron chi connectivity index (χ0n) is 8.61. The van der Waals surface area contributed by atoms with Crippen LogP contribution in [0, 0.1) is 0 Å². The molecule has 3 heterocycles. The average molecular weight is 217 g/mol. The third-order valence-corrected chi connectivity index (χ3v) is 2.59. The fourth-order valence-corrected chi connectivity index (χ4v) is 1.75. The van der Waals surface area contributed by atoms with Crippen LogP contribution in [0.5, 0.6) is 0 Å².